The van der Waals surface area contributed by atoms with Gasteiger partial charge in [-0.25, -0.2) is 9.97 Å². The molecule has 0 aliphatic rings. The number of nitrogen functional groups attached to an aromatic ring is 1. The third-order valence-electron chi connectivity index (χ3n) is 3.45. The smallest absolute Gasteiger partial charge is 0.115 e. The third-order valence-corrected chi connectivity index (χ3v) is 4.40. The molecular formula is C15H18N4S. The zero-order valence-electron chi connectivity index (χ0n) is 11.9. The second-order valence-corrected chi connectivity index (χ2v) is 6.22. The first-order valence-corrected chi connectivity index (χ1v) is 7.62. The van der Waals surface area contributed by atoms with E-state index in [0.717, 1.165) is 27.6 Å². The predicted octanol–water partition coefficient (Wildman–Crippen LogP) is 3.81. The molecule has 0 amide bonds. The van der Waals surface area contributed by atoms with Gasteiger partial charge in [0.25, 0.3) is 0 Å². The lowest BCUT2D eigenvalue weighted by Crippen LogP contribution is -2.11. The number of benzene rings is 1. The fourth-order valence-electron chi connectivity index (χ4n) is 2.50. The average Bonchev–Trinajstić information content (AvgIpc) is 3.04. The Hall–Kier alpha value is -1.88. The summed E-state index contributed by atoms with van der Waals surface area (Å²) < 4.78 is 2.28. The molecule has 5 heteroatoms. The summed E-state index contributed by atoms with van der Waals surface area (Å²) >= 11 is 1.68. The molecule has 0 aliphatic carbocycles. The molecule has 2 N–H and O–H groups in total. The van der Waals surface area contributed by atoms with E-state index in [4.69, 9.17) is 10.7 Å². The molecule has 2 aromatic heterocycles. The van der Waals surface area contributed by atoms with Gasteiger partial charge < -0.3 is 10.3 Å². The van der Waals surface area contributed by atoms with Gasteiger partial charge in [0.2, 0.25) is 0 Å². The van der Waals surface area contributed by atoms with E-state index in [2.05, 4.69) is 30.3 Å². The average molecular weight is 286 g/mol. The lowest BCUT2D eigenvalue weighted by Gasteiger charge is -2.17. The van der Waals surface area contributed by atoms with Gasteiger partial charge in [-0.05, 0) is 25.1 Å². The first-order chi connectivity index (χ1) is 9.58. The van der Waals surface area contributed by atoms with Crippen LogP contribution in [0.15, 0.2) is 29.8 Å². The third kappa shape index (κ3) is 2.08. The van der Waals surface area contributed by atoms with Gasteiger partial charge in [0.05, 0.1) is 17.1 Å². The lowest BCUT2D eigenvalue weighted by molar-refractivity contribution is 0.590. The van der Waals surface area contributed by atoms with Crippen LogP contribution in [-0.4, -0.2) is 14.5 Å². The Morgan fingerprint density at radius 1 is 1.25 bits per heavy atom. The largest absolute Gasteiger partial charge is 0.399 e. The second kappa shape index (κ2) is 4.90. The minimum Gasteiger partial charge on any atom is -0.399 e. The highest BCUT2D eigenvalue weighted by Gasteiger charge is 2.20. The van der Waals surface area contributed by atoms with Crippen LogP contribution in [0.4, 0.5) is 5.69 Å². The lowest BCUT2D eigenvalue weighted by atomic mass is 10.2. The van der Waals surface area contributed by atoms with Crippen molar-refractivity contribution in [3.05, 3.63) is 40.6 Å². The molecule has 0 saturated heterocycles. The van der Waals surface area contributed by atoms with E-state index >= 15 is 0 Å². The van der Waals surface area contributed by atoms with Gasteiger partial charge in [-0.2, -0.15) is 0 Å². The van der Waals surface area contributed by atoms with Crippen LogP contribution in [0.25, 0.3) is 11.0 Å². The van der Waals surface area contributed by atoms with E-state index in [9.17, 15) is 0 Å². The topological polar surface area (TPSA) is 56.7 Å². The van der Waals surface area contributed by atoms with E-state index in [1.54, 1.807) is 11.3 Å². The van der Waals surface area contributed by atoms with E-state index in [-0.39, 0.29) is 6.04 Å². The van der Waals surface area contributed by atoms with Crippen LogP contribution in [-0.2, 0) is 0 Å². The molecule has 0 aliphatic heterocycles. The van der Waals surface area contributed by atoms with E-state index in [1.165, 1.54) is 0 Å². The minimum atomic E-state index is 0.182. The minimum absolute atomic E-state index is 0.182. The first-order valence-electron chi connectivity index (χ1n) is 6.74. The zero-order chi connectivity index (χ0) is 14.3. The highest BCUT2D eigenvalue weighted by Crippen LogP contribution is 2.30. The maximum absolute atomic E-state index is 5.87. The fraction of sp³-hybridized carbons (Fsp3) is 0.333. The Morgan fingerprint density at radius 3 is 2.70 bits per heavy atom. The van der Waals surface area contributed by atoms with Crippen molar-refractivity contribution in [2.24, 2.45) is 0 Å². The Bertz CT molecular complexity index is 728. The molecule has 0 bridgehead atoms. The van der Waals surface area contributed by atoms with Crippen molar-refractivity contribution in [1.82, 2.24) is 14.5 Å². The van der Waals surface area contributed by atoms with Crippen LogP contribution in [0.3, 0.4) is 0 Å². The molecule has 3 rings (SSSR count). The quantitative estimate of drug-likeness (QED) is 0.745. The van der Waals surface area contributed by atoms with Crippen LogP contribution in [0.2, 0.25) is 0 Å². The molecule has 0 saturated carbocycles. The molecule has 4 nitrogen and oxygen atoms in total. The number of hydrogen-bond donors (Lipinski definition) is 1. The number of fused-ring (bicyclic) bond motifs is 1. The van der Waals surface area contributed by atoms with Crippen molar-refractivity contribution < 1.29 is 0 Å². The summed E-state index contributed by atoms with van der Waals surface area (Å²) in [5, 5.41) is 3.11. The van der Waals surface area contributed by atoms with Crippen molar-refractivity contribution in [3.63, 3.8) is 0 Å². The zero-order valence-corrected chi connectivity index (χ0v) is 12.7. The van der Waals surface area contributed by atoms with Crippen LogP contribution in [0, 0.1) is 0 Å². The Balaban J connectivity index is 2.24. The molecule has 0 fully saturated rings. The van der Waals surface area contributed by atoms with Crippen molar-refractivity contribution in [2.75, 3.05) is 5.73 Å². The van der Waals surface area contributed by atoms with Gasteiger partial charge in [0.1, 0.15) is 10.8 Å². The number of nitrogens with zero attached hydrogens (tertiary/aromatic N) is 3. The van der Waals surface area contributed by atoms with Gasteiger partial charge >= 0.3 is 0 Å². The summed E-state index contributed by atoms with van der Waals surface area (Å²) in [7, 11) is 0. The molecule has 1 unspecified atom stereocenters. The van der Waals surface area contributed by atoms with E-state index in [1.807, 2.05) is 29.8 Å². The van der Waals surface area contributed by atoms with E-state index < -0.39 is 0 Å². The van der Waals surface area contributed by atoms with Crippen molar-refractivity contribution in [1.29, 1.82) is 0 Å². The monoisotopic (exact) mass is 286 g/mol. The Morgan fingerprint density at radius 2 is 2.05 bits per heavy atom. The van der Waals surface area contributed by atoms with Crippen LogP contribution >= 0.6 is 11.3 Å². The number of anilines is 1. The van der Waals surface area contributed by atoms with Crippen LogP contribution in [0.1, 0.15) is 43.6 Å². The van der Waals surface area contributed by atoms with Gasteiger partial charge in [-0.3, -0.25) is 0 Å². The summed E-state index contributed by atoms with van der Waals surface area (Å²) in [5.74, 6) is 1.43. The highest BCUT2D eigenvalue weighted by molar-refractivity contribution is 7.09. The molecule has 3 aromatic rings. The maximum atomic E-state index is 5.87. The standard InChI is InChI=1S/C15H18N4S/c1-9(2)14-18-12-8-11(16)4-5-13(12)19(14)10(3)15-17-6-7-20-15/h4-10H,16H2,1-3H3. The second-order valence-electron chi connectivity index (χ2n) is 5.29. The van der Waals surface area contributed by atoms with Gasteiger partial charge in [-0.15, -0.1) is 11.3 Å². The number of hydrogen-bond acceptors (Lipinski definition) is 4. The summed E-state index contributed by atoms with van der Waals surface area (Å²) in [6, 6.07) is 6.10. The normalized spacial score (nSPS) is 13.2. The number of aromatic nitrogens is 3. The van der Waals surface area contributed by atoms with Crippen molar-refractivity contribution in [3.8, 4) is 0 Å². The van der Waals surface area contributed by atoms with Crippen molar-refractivity contribution in [2.45, 2.75) is 32.7 Å². The summed E-state index contributed by atoms with van der Waals surface area (Å²) in [6.45, 7) is 6.49. The summed E-state index contributed by atoms with van der Waals surface area (Å²) in [4.78, 5) is 9.21. The first kappa shape index (κ1) is 13.1. The molecule has 20 heavy (non-hydrogen) atoms. The Labute approximate surface area is 122 Å². The number of nitrogens with two attached hydrogens (primary N) is 1. The summed E-state index contributed by atoms with van der Waals surface area (Å²) in [6.07, 6.45) is 1.85. The van der Waals surface area contributed by atoms with Gasteiger partial charge in [0.15, 0.2) is 0 Å². The van der Waals surface area contributed by atoms with Crippen LogP contribution in [0.5, 0.6) is 0 Å². The van der Waals surface area contributed by atoms with Gasteiger partial charge in [-0.1, -0.05) is 13.8 Å². The van der Waals surface area contributed by atoms with E-state index in [0.29, 0.717) is 5.92 Å². The molecule has 0 spiro atoms. The SMILES string of the molecule is CC(C)c1nc2cc(N)ccc2n1C(C)c1nccs1. The van der Waals surface area contributed by atoms with Gasteiger partial charge in [0, 0.05) is 23.2 Å². The Kier molecular flexibility index (Phi) is 3.22. The predicted molar refractivity (Wildman–Crippen MR) is 84.2 cm³/mol. The molecule has 2 heterocycles. The fourth-order valence-corrected chi connectivity index (χ4v) is 3.19. The number of imidazole rings is 1. The number of thiazole rings is 1. The summed E-state index contributed by atoms with van der Waals surface area (Å²) in [5.41, 5.74) is 8.69. The molecule has 1 atom stereocenters. The molecule has 104 valence electrons. The van der Waals surface area contributed by atoms with Crippen LogP contribution < -0.4 is 5.73 Å². The van der Waals surface area contributed by atoms with Crippen molar-refractivity contribution >= 4 is 28.1 Å². The molecule has 0 radical (unpaired) electrons. The molecular weight excluding hydrogens is 268 g/mol. The number of rotatable bonds is 3. The maximum Gasteiger partial charge on any atom is 0.115 e. The highest BCUT2D eigenvalue weighted by atomic mass is 32.1. The molecule has 1 aromatic carbocycles.